The molecule has 0 saturated heterocycles. The minimum atomic E-state index is -0.233. The van der Waals surface area contributed by atoms with Gasteiger partial charge in [-0.3, -0.25) is 5.41 Å². The van der Waals surface area contributed by atoms with E-state index in [1.807, 2.05) is 0 Å². The Morgan fingerprint density at radius 2 is 1.04 bits per heavy atom. The van der Waals surface area contributed by atoms with Crippen molar-refractivity contribution in [2.75, 3.05) is 0 Å². The molecule has 0 aromatic carbocycles. The highest BCUT2D eigenvalue weighted by atomic mass is 15.2. The molecular weight excluding hydrogens is 346 g/mol. The van der Waals surface area contributed by atoms with Gasteiger partial charge < -0.3 is 22.1 Å². The second kappa shape index (κ2) is 5.04. The summed E-state index contributed by atoms with van der Waals surface area (Å²) in [5.74, 6) is 3.11. The molecule has 5 nitrogen and oxygen atoms in total. The molecule has 152 valence electrons. The first-order valence-electron chi connectivity index (χ1n) is 11.3. The van der Waals surface area contributed by atoms with Gasteiger partial charge in [-0.05, 0) is 99.0 Å². The van der Waals surface area contributed by atoms with Crippen molar-refractivity contribution in [2.45, 2.75) is 86.4 Å². The van der Waals surface area contributed by atoms with Crippen LogP contribution >= 0.6 is 0 Å². The summed E-state index contributed by atoms with van der Waals surface area (Å²) in [4.78, 5) is 0. The average molecular weight is 382 g/mol. The number of nitrogens with one attached hydrogen (secondary N) is 3. The summed E-state index contributed by atoms with van der Waals surface area (Å²) >= 11 is 0. The molecule has 0 spiro atoms. The molecule has 8 rings (SSSR count). The number of guanidine groups is 1. The van der Waals surface area contributed by atoms with Crippen LogP contribution in [0.25, 0.3) is 0 Å². The van der Waals surface area contributed by atoms with Crippen molar-refractivity contribution in [1.29, 1.82) is 5.41 Å². The fraction of sp³-hybridized carbons (Fsp3) is 0.783. The molecule has 8 aliphatic rings. The lowest BCUT2D eigenvalue weighted by Gasteiger charge is -2.64. The summed E-state index contributed by atoms with van der Waals surface area (Å²) in [6.45, 7) is 8.91. The highest BCUT2D eigenvalue weighted by Crippen LogP contribution is 2.60. The lowest BCUT2D eigenvalue weighted by Crippen LogP contribution is -2.73. The highest BCUT2D eigenvalue weighted by molar-refractivity contribution is 5.80. The zero-order valence-electron chi connectivity index (χ0n) is 16.9. The van der Waals surface area contributed by atoms with Crippen LogP contribution in [0.15, 0.2) is 24.3 Å². The van der Waals surface area contributed by atoms with Crippen molar-refractivity contribution in [2.24, 2.45) is 35.1 Å². The molecule has 0 amide bonds. The zero-order valence-corrected chi connectivity index (χ0v) is 16.9. The smallest absolute Gasteiger partial charge is 0.189 e. The van der Waals surface area contributed by atoms with E-state index in [1.165, 1.54) is 12.8 Å². The third kappa shape index (κ3) is 2.12. The number of hydrogen-bond acceptors (Lipinski definition) is 3. The molecular formula is C23H35N5. The lowest BCUT2D eigenvalue weighted by atomic mass is 9.48. The Morgan fingerprint density at radius 1 is 0.714 bits per heavy atom. The van der Waals surface area contributed by atoms with Gasteiger partial charge in [-0.2, -0.15) is 0 Å². The molecule has 28 heavy (non-hydrogen) atoms. The molecule has 7 N–H and O–H groups in total. The van der Waals surface area contributed by atoms with Crippen LogP contribution in [-0.2, 0) is 0 Å². The fourth-order valence-electron chi connectivity index (χ4n) is 9.07. The van der Waals surface area contributed by atoms with E-state index in [0.29, 0.717) is 29.6 Å². The molecule has 8 aliphatic carbocycles. The highest BCUT2D eigenvalue weighted by Gasteiger charge is 2.61. The average Bonchev–Trinajstić information content (AvgIpc) is 2.55. The molecule has 0 radical (unpaired) electrons. The van der Waals surface area contributed by atoms with E-state index in [-0.39, 0.29) is 22.2 Å². The molecule has 0 heterocycles. The van der Waals surface area contributed by atoms with Crippen molar-refractivity contribution >= 4 is 5.96 Å². The van der Waals surface area contributed by atoms with Gasteiger partial charge in [0.15, 0.2) is 5.96 Å². The number of rotatable bonds is 2. The van der Waals surface area contributed by atoms with Gasteiger partial charge in [0, 0.05) is 11.1 Å². The summed E-state index contributed by atoms with van der Waals surface area (Å²) in [6.07, 6.45) is 11.2. The van der Waals surface area contributed by atoms with Crippen LogP contribution in [-0.4, -0.2) is 28.1 Å². The maximum absolute atomic E-state index is 8.88. The molecule has 5 heteroatoms. The number of nitrogens with two attached hydrogens (primary N) is 2. The maximum atomic E-state index is 8.88. The van der Waals surface area contributed by atoms with Crippen LogP contribution in [0.4, 0.5) is 0 Å². The molecule has 0 aromatic rings. The third-order valence-corrected chi connectivity index (χ3v) is 9.58. The molecule has 0 aliphatic heterocycles. The van der Waals surface area contributed by atoms with E-state index >= 15 is 0 Å². The normalized spacial score (nSPS) is 55.6. The van der Waals surface area contributed by atoms with Gasteiger partial charge in [0.05, 0.1) is 11.1 Å². The van der Waals surface area contributed by atoms with Gasteiger partial charge in [-0.15, -0.1) is 0 Å². The summed E-state index contributed by atoms with van der Waals surface area (Å²) < 4.78 is 0. The minimum absolute atomic E-state index is 0.201. The van der Waals surface area contributed by atoms with Gasteiger partial charge in [-0.25, -0.2) is 0 Å². The summed E-state index contributed by atoms with van der Waals surface area (Å²) in [7, 11) is 0. The van der Waals surface area contributed by atoms with E-state index in [4.69, 9.17) is 16.9 Å². The minimum Gasteiger partial charge on any atom is -0.347 e. The molecule has 4 unspecified atom stereocenters. The van der Waals surface area contributed by atoms with Crippen LogP contribution in [0.5, 0.6) is 0 Å². The van der Waals surface area contributed by atoms with Crippen molar-refractivity contribution in [1.82, 2.24) is 10.6 Å². The Labute approximate surface area is 168 Å². The van der Waals surface area contributed by atoms with Crippen molar-refractivity contribution < 1.29 is 0 Å². The Balaban J connectivity index is 1.25. The van der Waals surface area contributed by atoms with Gasteiger partial charge in [0.25, 0.3) is 0 Å². The number of hydrogen-bond donors (Lipinski definition) is 5. The van der Waals surface area contributed by atoms with Gasteiger partial charge in [0.2, 0.25) is 0 Å². The Bertz CT molecular complexity index is 705. The fourth-order valence-corrected chi connectivity index (χ4v) is 9.07. The van der Waals surface area contributed by atoms with E-state index in [1.54, 1.807) is 0 Å². The first-order valence-corrected chi connectivity index (χ1v) is 11.3. The summed E-state index contributed by atoms with van der Waals surface area (Å²) in [5.41, 5.74) is 15.0. The second-order valence-electron chi connectivity index (χ2n) is 11.6. The van der Waals surface area contributed by atoms with E-state index in [9.17, 15) is 0 Å². The van der Waals surface area contributed by atoms with Crippen molar-refractivity contribution in [3.8, 4) is 0 Å². The predicted octanol–water partition coefficient (Wildman–Crippen LogP) is 2.53. The molecule has 8 bridgehead atoms. The first kappa shape index (κ1) is 17.5. The molecule has 8 fully saturated rings. The van der Waals surface area contributed by atoms with Gasteiger partial charge in [0.1, 0.15) is 0 Å². The Morgan fingerprint density at radius 3 is 1.36 bits per heavy atom. The van der Waals surface area contributed by atoms with E-state index in [0.717, 1.165) is 62.5 Å². The van der Waals surface area contributed by atoms with Crippen LogP contribution in [0.1, 0.15) is 64.2 Å². The van der Waals surface area contributed by atoms with E-state index in [2.05, 4.69) is 23.8 Å². The van der Waals surface area contributed by atoms with Crippen molar-refractivity contribution in [3.63, 3.8) is 0 Å². The summed E-state index contributed by atoms with van der Waals surface area (Å²) in [5, 5.41) is 16.1. The topological polar surface area (TPSA) is 99.9 Å². The lowest BCUT2D eigenvalue weighted by molar-refractivity contribution is 0.0182. The largest absolute Gasteiger partial charge is 0.347 e. The van der Waals surface area contributed by atoms with Crippen LogP contribution < -0.4 is 22.1 Å². The van der Waals surface area contributed by atoms with Crippen LogP contribution in [0, 0.1) is 29.1 Å². The molecule has 0 aromatic heterocycles. The second-order valence-corrected chi connectivity index (χ2v) is 11.6. The maximum Gasteiger partial charge on any atom is 0.189 e. The SMILES string of the molecule is C=C1C2(N)CC3CC(C2)CC1(NC(=N)NC12CC4CC(CC(N)(C4)C1=C)C2)C3. The molecule has 4 atom stereocenters. The van der Waals surface area contributed by atoms with Crippen LogP contribution in [0.3, 0.4) is 0 Å². The zero-order chi connectivity index (χ0) is 19.5. The van der Waals surface area contributed by atoms with E-state index < -0.39 is 0 Å². The van der Waals surface area contributed by atoms with Gasteiger partial charge >= 0.3 is 0 Å². The van der Waals surface area contributed by atoms with Crippen LogP contribution in [0.2, 0.25) is 0 Å². The third-order valence-electron chi connectivity index (χ3n) is 9.58. The first-order chi connectivity index (χ1) is 13.1. The summed E-state index contributed by atoms with van der Waals surface area (Å²) in [6, 6.07) is 0. The van der Waals surface area contributed by atoms with Crippen molar-refractivity contribution in [3.05, 3.63) is 24.3 Å². The Hall–Kier alpha value is -1.33. The van der Waals surface area contributed by atoms with Gasteiger partial charge in [-0.1, -0.05) is 13.2 Å². The monoisotopic (exact) mass is 381 g/mol. The molecule has 8 saturated carbocycles. The quantitative estimate of drug-likeness (QED) is 0.288. The predicted molar refractivity (Wildman–Crippen MR) is 112 cm³/mol. The standard InChI is InChI=1S/C23H35N5/c1-13-20(25)5-15-3-16(6-20)10-22(13,9-15)27-19(24)28-23-11-17-4-18(12-23)8-21(26,7-17)14(23)2/h15-18H,1-12,25-26H2,(H3,24,27,28). The Kier molecular flexibility index (Phi) is 3.15.